The van der Waals surface area contributed by atoms with E-state index in [0.717, 1.165) is 19.5 Å². The van der Waals surface area contributed by atoms with Crippen molar-refractivity contribution in [3.05, 3.63) is 52.6 Å². The van der Waals surface area contributed by atoms with Crippen LogP contribution in [0.4, 0.5) is 10.1 Å². The number of nitrogens with one attached hydrogen (secondary N) is 1. The molecule has 1 fully saturated rings. The van der Waals surface area contributed by atoms with Gasteiger partial charge in [0.05, 0.1) is 35.1 Å². The lowest BCUT2D eigenvalue weighted by atomic mass is 10.00. The Labute approximate surface area is 202 Å². The van der Waals surface area contributed by atoms with Crippen LogP contribution < -0.4 is 10.1 Å². The minimum absolute atomic E-state index is 0.0391. The number of aliphatic imine (C=N–C) groups is 1. The van der Waals surface area contributed by atoms with Gasteiger partial charge in [-0.25, -0.2) is 4.39 Å². The van der Waals surface area contributed by atoms with Crippen molar-refractivity contribution in [1.29, 1.82) is 0 Å². The van der Waals surface area contributed by atoms with Crippen LogP contribution in [0.3, 0.4) is 0 Å². The van der Waals surface area contributed by atoms with Crippen molar-refractivity contribution in [1.82, 2.24) is 20.1 Å². The molecule has 1 aromatic heterocycles. The summed E-state index contributed by atoms with van der Waals surface area (Å²) in [6.45, 7) is 2.04. The first kappa shape index (κ1) is 24.3. The molecule has 1 N–H and O–H groups in total. The molecule has 10 heteroatoms. The van der Waals surface area contributed by atoms with Crippen molar-refractivity contribution in [2.45, 2.75) is 25.4 Å². The van der Waals surface area contributed by atoms with Crippen molar-refractivity contribution in [3.63, 3.8) is 0 Å². The summed E-state index contributed by atoms with van der Waals surface area (Å²) >= 11 is 5.80. The zero-order valence-electron chi connectivity index (χ0n) is 19.2. The van der Waals surface area contributed by atoms with Crippen LogP contribution in [0.5, 0.6) is 5.75 Å². The second-order valence-electron chi connectivity index (χ2n) is 8.65. The Bertz CT molecular complexity index is 1120. The number of likely N-dealkylation sites (N-methyl/N-ethyl adjacent to an activating group) is 1. The minimum atomic E-state index is -0.530. The van der Waals surface area contributed by atoms with Gasteiger partial charge in [0.2, 0.25) is 5.91 Å². The lowest BCUT2D eigenvalue weighted by Gasteiger charge is -2.21. The number of likely N-dealkylation sites (tertiary alicyclic amines) is 1. The molecule has 1 amide bonds. The lowest BCUT2D eigenvalue weighted by Crippen LogP contribution is -2.39. The fraction of sp³-hybridized carbons (Fsp3) is 0.417. The smallest absolute Gasteiger partial charge is 0.236 e. The van der Waals surface area contributed by atoms with Gasteiger partial charge >= 0.3 is 0 Å². The van der Waals surface area contributed by atoms with E-state index < -0.39 is 5.82 Å². The highest BCUT2D eigenvalue weighted by Gasteiger charge is 2.27. The van der Waals surface area contributed by atoms with Crippen molar-refractivity contribution in [3.8, 4) is 5.75 Å². The van der Waals surface area contributed by atoms with E-state index in [-0.39, 0.29) is 36.3 Å². The third-order valence-electron chi connectivity index (χ3n) is 6.05. The summed E-state index contributed by atoms with van der Waals surface area (Å²) in [5, 5.41) is 3.10. The van der Waals surface area contributed by atoms with Gasteiger partial charge in [-0.3, -0.25) is 19.6 Å². The summed E-state index contributed by atoms with van der Waals surface area (Å²) in [6.07, 6.45) is 2.67. The number of fused-ring (bicyclic) bond motifs is 1. The van der Waals surface area contributed by atoms with E-state index >= 15 is 0 Å². The summed E-state index contributed by atoms with van der Waals surface area (Å²) in [4.78, 5) is 38.2. The fourth-order valence-corrected chi connectivity index (χ4v) is 4.23. The maximum atomic E-state index is 13.3. The Morgan fingerprint density at radius 1 is 1.35 bits per heavy atom. The Hall–Kier alpha value is -2.88. The number of aromatic nitrogens is 1. The standard InChI is InChI=1S/C24H27ClFN5O3/c1-30(2)16-6-8-31(13-16)23(33)12-27-11-21-24-18(5-7-28-21)22(32)9-15(29-24)14-34-17-3-4-20(26)19(25)10-17/h3-5,7,10,16,27H,6,8-9,11-14H2,1-2H3. The third kappa shape index (κ3) is 5.60. The Kier molecular flexibility index (Phi) is 7.55. The number of hydrogen-bond donors (Lipinski definition) is 1. The van der Waals surface area contributed by atoms with Crippen LogP contribution in [0.1, 0.15) is 28.9 Å². The number of benzene rings is 1. The number of nitrogens with zero attached hydrogens (tertiary/aromatic N) is 4. The predicted molar refractivity (Wildman–Crippen MR) is 128 cm³/mol. The average molecular weight is 488 g/mol. The number of ether oxygens (including phenoxy) is 1. The highest BCUT2D eigenvalue weighted by molar-refractivity contribution is 6.30. The molecule has 0 bridgehead atoms. The summed E-state index contributed by atoms with van der Waals surface area (Å²) in [6, 6.07) is 6.11. The molecule has 2 aliphatic rings. The predicted octanol–water partition coefficient (Wildman–Crippen LogP) is 2.86. The van der Waals surface area contributed by atoms with Crippen LogP contribution >= 0.6 is 11.6 Å². The number of amides is 1. The molecule has 1 saturated heterocycles. The van der Waals surface area contributed by atoms with Gasteiger partial charge in [-0.2, -0.15) is 0 Å². The SMILES string of the molecule is CN(C)C1CCN(C(=O)CNCc2nccc3c2N=C(COc2ccc(F)c(Cl)c2)CC3=O)C1. The topological polar surface area (TPSA) is 87.1 Å². The van der Waals surface area contributed by atoms with Gasteiger partial charge < -0.3 is 19.9 Å². The van der Waals surface area contributed by atoms with Gasteiger partial charge in [0.25, 0.3) is 0 Å². The molecule has 180 valence electrons. The van der Waals surface area contributed by atoms with Crippen molar-refractivity contribution in [2.75, 3.05) is 40.3 Å². The van der Waals surface area contributed by atoms with Crippen LogP contribution in [0.2, 0.25) is 5.02 Å². The number of rotatable bonds is 8. The second kappa shape index (κ2) is 10.6. The van der Waals surface area contributed by atoms with E-state index in [4.69, 9.17) is 16.3 Å². The van der Waals surface area contributed by atoms with Gasteiger partial charge in [0.1, 0.15) is 18.2 Å². The van der Waals surface area contributed by atoms with Crippen molar-refractivity contribution in [2.24, 2.45) is 4.99 Å². The number of hydrogen-bond acceptors (Lipinski definition) is 7. The molecular weight excluding hydrogens is 461 g/mol. The first-order valence-electron chi connectivity index (χ1n) is 11.1. The number of Topliss-reactive ketones (excluding diaryl/α,β-unsaturated/α-hetero) is 1. The lowest BCUT2D eigenvalue weighted by molar-refractivity contribution is -0.129. The van der Waals surface area contributed by atoms with Gasteiger partial charge in [-0.15, -0.1) is 0 Å². The molecule has 2 aliphatic heterocycles. The molecule has 0 saturated carbocycles. The van der Waals surface area contributed by atoms with Crippen LogP contribution in [-0.4, -0.2) is 78.6 Å². The Morgan fingerprint density at radius 3 is 2.91 bits per heavy atom. The highest BCUT2D eigenvalue weighted by Crippen LogP contribution is 2.29. The Balaban J connectivity index is 1.38. The average Bonchev–Trinajstić information content (AvgIpc) is 3.31. The van der Waals surface area contributed by atoms with E-state index in [1.165, 1.54) is 18.2 Å². The largest absolute Gasteiger partial charge is 0.488 e. The quantitative estimate of drug-likeness (QED) is 0.616. The normalized spacial score (nSPS) is 17.7. The number of ketones is 1. The van der Waals surface area contributed by atoms with E-state index in [1.807, 2.05) is 19.0 Å². The van der Waals surface area contributed by atoms with Crippen molar-refractivity contribution >= 4 is 34.7 Å². The van der Waals surface area contributed by atoms with E-state index in [2.05, 4.69) is 20.2 Å². The molecule has 4 rings (SSSR count). The summed E-state index contributed by atoms with van der Waals surface area (Å²) < 4.78 is 19.0. The molecule has 0 aliphatic carbocycles. The highest BCUT2D eigenvalue weighted by atomic mass is 35.5. The molecular formula is C24H27ClFN5O3. The molecule has 2 aromatic rings. The van der Waals surface area contributed by atoms with Crippen LogP contribution in [0.25, 0.3) is 0 Å². The maximum Gasteiger partial charge on any atom is 0.236 e. The summed E-state index contributed by atoms with van der Waals surface area (Å²) in [5.41, 5.74) is 2.12. The zero-order valence-corrected chi connectivity index (χ0v) is 19.9. The summed E-state index contributed by atoms with van der Waals surface area (Å²) in [7, 11) is 4.05. The molecule has 1 unspecified atom stereocenters. The van der Waals surface area contributed by atoms with Crippen LogP contribution in [0.15, 0.2) is 35.5 Å². The first-order valence-corrected chi connectivity index (χ1v) is 11.5. The number of halogens is 2. The molecule has 3 heterocycles. The molecule has 34 heavy (non-hydrogen) atoms. The van der Waals surface area contributed by atoms with E-state index in [1.54, 1.807) is 12.3 Å². The fourth-order valence-electron chi connectivity index (χ4n) is 4.06. The maximum absolute atomic E-state index is 13.3. The van der Waals surface area contributed by atoms with Gasteiger partial charge in [-0.1, -0.05) is 11.6 Å². The minimum Gasteiger partial charge on any atom is -0.488 e. The Morgan fingerprint density at radius 2 is 2.18 bits per heavy atom. The van der Waals surface area contributed by atoms with Crippen LogP contribution in [0, 0.1) is 5.82 Å². The number of pyridine rings is 1. The second-order valence-corrected chi connectivity index (χ2v) is 9.05. The molecule has 1 aromatic carbocycles. The third-order valence-corrected chi connectivity index (χ3v) is 6.34. The number of carbonyl (C=O) groups is 2. The molecule has 0 radical (unpaired) electrons. The van der Waals surface area contributed by atoms with Gasteiger partial charge in [0, 0.05) is 43.5 Å². The zero-order chi connectivity index (χ0) is 24.2. The number of carbonyl (C=O) groups excluding carboxylic acids is 2. The monoisotopic (exact) mass is 487 g/mol. The molecule has 0 spiro atoms. The van der Waals surface area contributed by atoms with Gasteiger partial charge in [-0.05, 0) is 38.7 Å². The molecule has 1 atom stereocenters. The van der Waals surface area contributed by atoms with Gasteiger partial charge in [0.15, 0.2) is 5.78 Å². The van der Waals surface area contributed by atoms with E-state index in [9.17, 15) is 14.0 Å². The van der Waals surface area contributed by atoms with E-state index in [0.29, 0.717) is 41.0 Å². The van der Waals surface area contributed by atoms with Crippen LogP contribution in [-0.2, 0) is 11.3 Å². The summed E-state index contributed by atoms with van der Waals surface area (Å²) in [5.74, 6) is -0.178. The molecule has 8 nitrogen and oxygen atoms in total. The first-order chi connectivity index (χ1) is 16.3. The van der Waals surface area contributed by atoms with Crippen molar-refractivity contribution < 1.29 is 18.7 Å².